The number of amides is 10. The van der Waals surface area contributed by atoms with Crippen LogP contribution in [-0.4, -0.2) is 207 Å². The van der Waals surface area contributed by atoms with Crippen LogP contribution < -0.4 is 70.8 Å². The number of nitrogens with one attached hydrogen (secondary N) is 9. The maximum Gasteiger partial charge on any atom is 0.326 e. The van der Waals surface area contributed by atoms with Crippen molar-refractivity contribution in [3.05, 3.63) is 29.8 Å². The summed E-state index contributed by atoms with van der Waals surface area (Å²) in [5.41, 5.74) is 23.0. The van der Waals surface area contributed by atoms with Gasteiger partial charge in [0, 0.05) is 31.0 Å². The molecule has 0 unspecified atom stereocenters. The molecule has 1 aromatic rings. The Kier molecular flexibility index (Phi) is 35.2. The number of rotatable bonds is 40. The number of carbonyl (C=O) groups excluding carboxylic acids is 10. The summed E-state index contributed by atoms with van der Waals surface area (Å²) in [4.78, 5) is 155. The summed E-state index contributed by atoms with van der Waals surface area (Å²) in [5.74, 6) is -9.78. The number of nitrogens with two attached hydrogens (primary N) is 4. The standard InChI is InChI=1S/C55H93N15O14S3/c1-29(2)23-37(46(75)61-26-43(73)62-40(27-85)50(79)64-36(54(83)84)18-22-87-6)66-49(78)39(25-32-14-16-33(72)17-15-32)67-52(81)44(31(5)71)69-47(76)35(12-7-8-19-56)63-51(80)42-13-10-21-70(42)53(82)41(28-86)68-48(77)38(24-30(3)4)65-45(74)34(57)11-9-20-60-55(58)59/h14-17,29-31,34-42,44,71-72,85-86H,7-13,18-28,56-57H2,1-6H3,(H,61,75)(H,62,73)(H,63,80)(H,64,79)(H,65,74)(H,66,78)(H,67,81)(H,68,77)(H,69,76)(H,83,84)(H4,58,59,60)/t31-,34+,35+,36+,37+,38+,39+,40+,41+,42+,44+/m1/s1. The van der Waals surface area contributed by atoms with Crippen LogP contribution in [0.1, 0.15) is 104 Å². The highest BCUT2D eigenvalue weighted by molar-refractivity contribution is 7.98. The van der Waals surface area contributed by atoms with Crippen molar-refractivity contribution in [2.45, 2.75) is 172 Å². The van der Waals surface area contributed by atoms with E-state index in [1.807, 2.05) is 13.8 Å². The second-order valence-electron chi connectivity index (χ2n) is 22.1. The van der Waals surface area contributed by atoms with E-state index < -0.39 is 138 Å². The first-order valence-electron chi connectivity index (χ1n) is 29.0. The number of nitrogens with zero attached hydrogens (tertiary/aromatic N) is 2. The van der Waals surface area contributed by atoms with Crippen LogP contribution in [0.3, 0.4) is 0 Å². The van der Waals surface area contributed by atoms with Gasteiger partial charge in [0.25, 0.3) is 0 Å². The van der Waals surface area contributed by atoms with Crippen molar-refractivity contribution in [2.75, 3.05) is 49.7 Å². The first-order chi connectivity index (χ1) is 41.1. The molecule has 1 fully saturated rings. The van der Waals surface area contributed by atoms with E-state index >= 15 is 0 Å². The number of carboxylic acid groups (broad SMARTS) is 1. The molecule has 0 spiro atoms. The number of aliphatic imine (C=N–C) groups is 1. The lowest BCUT2D eigenvalue weighted by molar-refractivity contribution is -0.142. The number of aliphatic carboxylic acids is 1. The quantitative estimate of drug-likeness (QED) is 0.0132. The van der Waals surface area contributed by atoms with E-state index in [4.69, 9.17) is 22.9 Å². The monoisotopic (exact) mass is 1280 g/mol. The van der Waals surface area contributed by atoms with Crippen LogP contribution in [0.4, 0.5) is 0 Å². The number of hydrogen-bond donors (Lipinski definition) is 18. The average Bonchev–Trinajstić information content (AvgIpc) is 2.61. The molecular formula is C55H93N15O14S3. The van der Waals surface area contributed by atoms with E-state index in [0.717, 1.165) is 0 Å². The second-order valence-corrected chi connectivity index (χ2v) is 23.8. The number of carboxylic acids is 1. The summed E-state index contributed by atoms with van der Waals surface area (Å²) < 4.78 is 0. The Morgan fingerprint density at radius 2 is 1.22 bits per heavy atom. The Labute approximate surface area is 523 Å². The number of thiol groups is 2. The van der Waals surface area contributed by atoms with Crippen molar-refractivity contribution in [2.24, 2.45) is 39.8 Å². The number of unbranched alkanes of at least 4 members (excludes halogenated alkanes) is 1. The molecule has 1 saturated heterocycles. The normalized spacial score (nSPS) is 16.4. The Balaban J connectivity index is 2.34. The Hall–Kier alpha value is -6.61. The molecule has 11 atom stereocenters. The average molecular weight is 1280 g/mol. The number of aromatic hydroxyl groups is 1. The number of phenols is 1. The predicted octanol–water partition coefficient (Wildman–Crippen LogP) is -3.40. The van der Waals surface area contributed by atoms with Gasteiger partial charge in [0.2, 0.25) is 59.1 Å². The maximum atomic E-state index is 14.3. The highest BCUT2D eigenvalue weighted by Gasteiger charge is 2.41. The second kappa shape index (κ2) is 40.0. The summed E-state index contributed by atoms with van der Waals surface area (Å²) in [6, 6.07) is -7.27. The molecule has 0 aromatic heterocycles. The zero-order valence-corrected chi connectivity index (χ0v) is 53.0. The van der Waals surface area contributed by atoms with Gasteiger partial charge in [0.15, 0.2) is 5.96 Å². The maximum absolute atomic E-state index is 14.3. The van der Waals surface area contributed by atoms with Gasteiger partial charge in [-0.25, -0.2) is 4.79 Å². The van der Waals surface area contributed by atoms with E-state index in [0.29, 0.717) is 37.0 Å². The fourth-order valence-electron chi connectivity index (χ4n) is 9.09. The Morgan fingerprint density at radius 3 is 1.78 bits per heavy atom. The molecule has 87 heavy (non-hydrogen) atoms. The van der Waals surface area contributed by atoms with E-state index in [1.165, 1.54) is 47.9 Å². The molecule has 0 bridgehead atoms. The molecule has 2 rings (SSSR count). The van der Waals surface area contributed by atoms with Crippen LogP contribution in [0.25, 0.3) is 0 Å². The SMILES string of the molecule is CSCC[C@H](NC(=O)[C@H](CS)NC(=O)CNC(=O)[C@H](CC(C)C)NC(=O)[C@H](Cc1ccc(O)cc1)NC(=O)[C@@H](NC(=O)[C@H](CCCCN)NC(=O)[C@@H]1CCCN1C(=O)[C@H](CS)NC(=O)[C@H](CC(C)C)NC(=O)[C@@H](N)CCCN=C(N)N)[C@@H](C)O)C(=O)O. The van der Waals surface area contributed by atoms with Gasteiger partial charge in [-0.2, -0.15) is 37.0 Å². The molecular weight excluding hydrogens is 1190 g/mol. The third-order valence-electron chi connectivity index (χ3n) is 13.8. The molecule has 0 saturated carbocycles. The van der Waals surface area contributed by atoms with Gasteiger partial charge in [-0.3, -0.25) is 52.9 Å². The van der Waals surface area contributed by atoms with Gasteiger partial charge in [-0.05, 0) is 119 Å². The summed E-state index contributed by atoms with van der Waals surface area (Å²) in [5, 5.41) is 53.5. The largest absolute Gasteiger partial charge is 0.508 e. The van der Waals surface area contributed by atoms with Crippen LogP contribution in [0.15, 0.2) is 29.3 Å². The van der Waals surface area contributed by atoms with E-state index in [9.17, 15) is 68.1 Å². The number of phenolic OH excluding ortho intramolecular Hbond substituents is 1. The van der Waals surface area contributed by atoms with Gasteiger partial charge in [-0.15, -0.1) is 0 Å². The van der Waals surface area contributed by atoms with E-state index in [-0.39, 0.29) is 99.6 Å². The summed E-state index contributed by atoms with van der Waals surface area (Å²) >= 11 is 9.85. The van der Waals surface area contributed by atoms with Crippen molar-refractivity contribution in [1.82, 2.24) is 52.8 Å². The zero-order chi connectivity index (χ0) is 65.5. The topological polar surface area (TPSA) is 476 Å². The fraction of sp³-hybridized carbons (Fsp3) is 0.673. The van der Waals surface area contributed by atoms with Gasteiger partial charge in [-0.1, -0.05) is 39.8 Å². The lowest BCUT2D eigenvalue weighted by Gasteiger charge is -2.31. The van der Waals surface area contributed by atoms with Crippen LogP contribution in [0, 0.1) is 11.8 Å². The minimum Gasteiger partial charge on any atom is -0.508 e. The minimum absolute atomic E-state index is 0.00848. The number of benzene rings is 1. The van der Waals surface area contributed by atoms with Gasteiger partial charge in [0.1, 0.15) is 60.1 Å². The molecule has 1 aromatic carbocycles. The van der Waals surface area contributed by atoms with E-state index in [2.05, 4.69) is 78.1 Å². The third kappa shape index (κ3) is 28.0. The smallest absolute Gasteiger partial charge is 0.326 e. The Morgan fingerprint density at radius 1 is 0.667 bits per heavy atom. The molecule has 29 nitrogen and oxygen atoms in total. The number of carbonyl (C=O) groups is 11. The minimum atomic E-state index is -1.76. The molecule has 1 aliphatic heterocycles. The van der Waals surface area contributed by atoms with Crippen molar-refractivity contribution >= 4 is 108 Å². The molecule has 32 heteroatoms. The Bertz CT molecular complexity index is 2480. The number of thioether (sulfide) groups is 1. The number of guanidine groups is 1. The van der Waals surface area contributed by atoms with Crippen LogP contribution >= 0.6 is 37.0 Å². The highest BCUT2D eigenvalue weighted by Crippen LogP contribution is 2.21. The van der Waals surface area contributed by atoms with E-state index in [1.54, 1.807) is 20.1 Å². The summed E-state index contributed by atoms with van der Waals surface area (Å²) in [7, 11) is 0. The van der Waals surface area contributed by atoms with Crippen molar-refractivity contribution in [3.63, 3.8) is 0 Å². The first-order valence-corrected chi connectivity index (χ1v) is 31.6. The van der Waals surface area contributed by atoms with Crippen molar-refractivity contribution in [3.8, 4) is 5.75 Å². The zero-order valence-electron chi connectivity index (χ0n) is 50.4. The van der Waals surface area contributed by atoms with Crippen molar-refractivity contribution in [1.29, 1.82) is 0 Å². The molecule has 490 valence electrons. The lowest BCUT2D eigenvalue weighted by Crippen LogP contribution is -2.62. The number of likely N-dealkylation sites (tertiary alicyclic amines) is 1. The summed E-state index contributed by atoms with van der Waals surface area (Å²) in [6.45, 7) is 8.30. The molecule has 20 N–H and O–H groups in total. The third-order valence-corrected chi connectivity index (χ3v) is 15.1. The number of hydrogen-bond acceptors (Lipinski definition) is 19. The fourth-order valence-corrected chi connectivity index (χ4v) is 10.1. The molecule has 10 amide bonds. The van der Waals surface area contributed by atoms with Crippen molar-refractivity contribution < 1.29 is 68.1 Å². The number of aliphatic hydroxyl groups excluding tert-OH is 1. The molecule has 1 aliphatic rings. The molecule has 0 radical (unpaired) electrons. The first kappa shape index (κ1) is 76.5. The summed E-state index contributed by atoms with van der Waals surface area (Å²) in [6.07, 6.45) is 2.11. The van der Waals surface area contributed by atoms with Gasteiger partial charge < -0.3 is 91.0 Å². The van der Waals surface area contributed by atoms with Crippen LogP contribution in [0.2, 0.25) is 0 Å². The van der Waals surface area contributed by atoms with Gasteiger partial charge >= 0.3 is 5.97 Å². The lowest BCUT2D eigenvalue weighted by atomic mass is 10.0. The predicted molar refractivity (Wildman–Crippen MR) is 335 cm³/mol. The van der Waals surface area contributed by atoms with Crippen LogP contribution in [0.5, 0.6) is 5.75 Å². The number of aliphatic hydroxyl groups is 1. The molecule has 1 heterocycles. The van der Waals surface area contributed by atoms with Crippen LogP contribution in [-0.2, 0) is 59.2 Å². The molecule has 0 aliphatic carbocycles. The highest BCUT2D eigenvalue weighted by atomic mass is 32.2. The van der Waals surface area contributed by atoms with Gasteiger partial charge in [0.05, 0.1) is 18.7 Å².